The summed E-state index contributed by atoms with van der Waals surface area (Å²) in [6.45, 7) is 2.88. The SMILES string of the molecule is CCCCCCCCCCCCCCCCCCCCCCCCCC/C=C/C(O)C(COC1OC(CO)C(OC2OC(CO)C(O)C(O)C2O)C(O)C1O)NC(=O)CCCCCCCCCCCCCCCCCCCCCCCCCCCCCCCCCCCCCCC. The van der Waals surface area contributed by atoms with Crippen LogP contribution in [0.25, 0.3) is 0 Å². The number of ether oxygens (including phenoxy) is 4. The second kappa shape index (κ2) is 67.9. The maximum Gasteiger partial charge on any atom is 0.220 e. The molecule has 14 heteroatoms. The van der Waals surface area contributed by atoms with Gasteiger partial charge in [0.2, 0.25) is 5.91 Å². The lowest BCUT2D eigenvalue weighted by Crippen LogP contribution is -2.65. The smallest absolute Gasteiger partial charge is 0.220 e. The molecule has 9 N–H and O–H groups in total. The summed E-state index contributed by atoms with van der Waals surface area (Å²) in [7, 11) is 0. The van der Waals surface area contributed by atoms with Gasteiger partial charge in [0, 0.05) is 6.42 Å². The zero-order valence-corrected chi connectivity index (χ0v) is 63.4. The molecular weight excluding hydrogens is 1220 g/mol. The van der Waals surface area contributed by atoms with Crippen LogP contribution < -0.4 is 5.32 Å². The number of allylic oxidation sites excluding steroid dienone is 1. The van der Waals surface area contributed by atoms with E-state index in [-0.39, 0.29) is 18.9 Å². The van der Waals surface area contributed by atoms with Gasteiger partial charge in [0.25, 0.3) is 0 Å². The maximum atomic E-state index is 13.4. The number of carbonyl (C=O) groups is 1. The Balaban J connectivity index is 1.57. The number of hydrogen-bond donors (Lipinski definition) is 9. The van der Waals surface area contributed by atoms with Crippen molar-refractivity contribution in [2.24, 2.45) is 0 Å². The first-order valence-electron chi connectivity index (χ1n) is 42.4. The number of carbonyl (C=O) groups excluding carboxylic acids is 1. The van der Waals surface area contributed by atoms with Gasteiger partial charge in [-0.15, -0.1) is 0 Å². The van der Waals surface area contributed by atoms with Crippen LogP contribution >= 0.6 is 0 Å². The zero-order valence-electron chi connectivity index (χ0n) is 63.4. The van der Waals surface area contributed by atoms with E-state index in [4.69, 9.17) is 18.9 Å². The summed E-state index contributed by atoms with van der Waals surface area (Å²) in [5, 5.41) is 87.7. The Labute approximate surface area is 596 Å². The molecule has 0 aromatic heterocycles. The minimum atomic E-state index is -1.79. The molecule has 12 unspecified atom stereocenters. The molecular formula is C83H161NO13. The maximum absolute atomic E-state index is 13.4. The molecule has 12 atom stereocenters. The van der Waals surface area contributed by atoms with Crippen molar-refractivity contribution < 1.29 is 64.6 Å². The number of rotatable bonds is 73. The first kappa shape index (κ1) is 91.8. The Bertz CT molecular complexity index is 1680. The van der Waals surface area contributed by atoms with Gasteiger partial charge in [-0.2, -0.15) is 0 Å². The van der Waals surface area contributed by atoms with E-state index in [1.807, 2.05) is 6.08 Å². The molecule has 2 aliphatic rings. The minimum Gasteiger partial charge on any atom is -0.394 e. The van der Waals surface area contributed by atoms with Gasteiger partial charge >= 0.3 is 0 Å². The van der Waals surface area contributed by atoms with Crippen LogP contribution in [-0.4, -0.2) is 140 Å². The molecule has 2 saturated heterocycles. The van der Waals surface area contributed by atoms with E-state index in [0.717, 1.165) is 44.9 Å². The quantitative estimate of drug-likeness (QED) is 0.0204. The first-order valence-corrected chi connectivity index (χ1v) is 42.4. The van der Waals surface area contributed by atoms with E-state index < -0.39 is 86.8 Å². The monoisotopic (exact) mass is 1380 g/mol. The lowest BCUT2D eigenvalue weighted by molar-refractivity contribution is -0.359. The van der Waals surface area contributed by atoms with Crippen LogP contribution in [0, 0.1) is 0 Å². The van der Waals surface area contributed by atoms with Gasteiger partial charge in [-0.05, 0) is 19.3 Å². The fourth-order valence-electron chi connectivity index (χ4n) is 14.5. The summed E-state index contributed by atoms with van der Waals surface area (Å²) in [6.07, 6.45) is 70.3. The van der Waals surface area contributed by atoms with Crippen LogP contribution in [0.4, 0.5) is 0 Å². The van der Waals surface area contributed by atoms with E-state index in [0.29, 0.717) is 0 Å². The van der Waals surface area contributed by atoms with Crippen molar-refractivity contribution in [1.82, 2.24) is 5.32 Å². The lowest BCUT2D eigenvalue weighted by Gasteiger charge is -2.46. The van der Waals surface area contributed by atoms with E-state index in [1.54, 1.807) is 6.08 Å². The van der Waals surface area contributed by atoms with Gasteiger partial charge < -0.3 is 65.1 Å². The molecule has 0 aliphatic carbocycles. The van der Waals surface area contributed by atoms with E-state index >= 15 is 0 Å². The van der Waals surface area contributed by atoms with Crippen molar-refractivity contribution in [2.75, 3.05) is 19.8 Å². The van der Waals surface area contributed by atoms with Crippen LogP contribution in [-0.2, 0) is 23.7 Å². The van der Waals surface area contributed by atoms with Crippen LogP contribution in [0.3, 0.4) is 0 Å². The molecule has 2 fully saturated rings. The molecule has 97 heavy (non-hydrogen) atoms. The first-order chi connectivity index (χ1) is 47.6. The van der Waals surface area contributed by atoms with Crippen LogP contribution in [0.2, 0.25) is 0 Å². The average molecular weight is 1380 g/mol. The molecule has 0 radical (unpaired) electrons. The predicted octanol–water partition coefficient (Wildman–Crippen LogP) is 19.6. The van der Waals surface area contributed by atoms with Crippen molar-refractivity contribution in [1.29, 1.82) is 0 Å². The van der Waals surface area contributed by atoms with Crippen molar-refractivity contribution in [3.8, 4) is 0 Å². The Morgan fingerprint density at radius 2 is 0.639 bits per heavy atom. The molecule has 0 saturated carbocycles. The zero-order chi connectivity index (χ0) is 70.1. The predicted molar refractivity (Wildman–Crippen MR) is 402 cm³/mol. The molecule has 576 valence electrons. The van der Waals surface area contributed by atoms with Gasteiger partial charge in [-0.25, -0.2) is 0 Å². The second-order valence-electron chi connectivity index (χ2n) is 30.3. The highest BCUT2D eigenvalue weighted by atomic mass is 16.7. The van der Waals surface area contributed by atoms with Gasteiger partial charge in [0.1, 0.15) is 48.8 Å². The summed E-state index contributed by atoms with van der Waals surface area (Å²) >= 11 is 0. The number of hydrogen-bond acceptors (Lipinski definition) is 13. The third-order valence-electron chi connectivity index (χ3n) is 21.2. The molecule has 2 rings (SSSR count). The molecule has 1 amide bonds. The van der Waals surface area contributed by atoms with Crippen LogP contribution in [0.5, 0.6) is 0 Å². The van der Waals surface area contributed by atoms with Crippen LogP contribution in [0.15, 0.2) is 12.2 Å². The van der Waals surface area contributed by atoms with E-state index in [1.165, 1.54) is 353 Å². The van der Waals surface area contributed by atoms with E-state index in [2.05, 4.69) is 19.2 Å². The Kier molecular flexibility index (Phi) is 64.2. The summed E-state index contributed by atoms with van der Waals surface area (Å²) in [5.41, 5.74) is 0. The molecule has 0 bridgehead atoms. The fraction of sp³-hybridized carbons (Fsp3) is 0.964. The number of amides is 1. The Morgan fingerprint density at radius 3 is 0.948 bits per heavy atom. The van der Waals surface area contributed by atoms with Gasteiger partial charge in [-0.1, -0.05) is 405 Å². The Morgan fingerprint density at radius 1 is 0.361 bits per heavy atom. The topological polar surface area (TPSA) is 228 Å². The normalized spacial score (nSPS) is 22.1. The Hall–Kier alpha value is -1.27. The largest absolute Gasteiger partial charge is 0.394 e. The van der Waals surface area contributed by atoms with Gasteiger partial charge in [-0.3, -0.25) is 4.79 Å². The van der Waals surface area contributed by atoms with Gasteiger partial charge in [0.05, 0.1) is 32.0 Å². The highest BCUT2D eigenvalue weighted by Crippen LogP contribution is 2.31. The van der Waals surface area contributed by atoms with E-state index in [9.17, 15) is 45.6 Å². The summed E-state index contributed by atoms with van der Waals surface area (Å²) in [6, 6.07) is -0.913. The molecule has 0 aromatic carbocycles. The van der Waals surface area contributed by atoms with Gasteiger partial charge in [0.15, 0.2) is 12.6 Å². The van der Waals surface area contributed by atoms with Crippen molar-refractivity contribution in [2.45, 2.75) is 492 Å². The molecule has 2 aliphatic heterocycles. The number of aliphatic hydroxyl groups is 8. The minimum absolute atomic E-state index is 0.228. The number of aliphatic hydroxyl groups excluding tert-OH is 8. The molecule has 0 aromatic rings. The molecule has 2 heterocycles. The fourth-order valence-corrected chi connectivity index (χ4v) is 14.5. The second-order valence-corrected chi connectivity index (χ2v) is 30.3. The third kappa shape index (κ3) is 50.7. The summed E-state index contributed by atoms with van der Waals surface area (Å²) < 4.78 is 22.9. The molecule has 14 nitrogen and oxygen atoms in total. The number of unbranched alkanes of at least 4 members (excludes halogenated alkanes) is 60. The highest BCUT2D eigenvalue weighted by molar-refractivity contribution is 5.76. The lowest BCUT2D eigenvalue weighted by atomic mass is 9.97. The standard InChI is InChI=1S/C83H161NO13/c1-3-5-7-9-11-13-15-17-19-21-23-25-27-29-31-32-33-34-35-36-37-38-39-40-41-43-45-47-49-51-53-55-57-59-61-63-65-67-75(88)84-71(70-94-82-80(93)78(91)81(74(69-86)96-82)97-83-79(92)77(90)76(89)73(68-85)95-83)72(87)66-64-62-60-58-56-54-52-50-48-46-44-42-30-28-26-24-22-20-18-16-14-12-10-8-6-4-2/h64,66,71-74,76-83,85-87,89-93H,3-63,65,67-70H2,1-2H3,(H,84,88)/b66-64+. The van der Waals surface area contributed by atoms with Crippen molar-refractivity contribution in [3.63, 3.8) is 0 Å². The summed E-state index contributed by atoms with van der Waals surface area (Å²) in [5.74, 6) is -0.228. The molecule has 0 spiro atoms. The highest BCUT2D eigenvalue weighted by Gasteiger charge is 2.51. The third-order valence-corrected chi connectivity index (χ3v) is 21.2. The van der Waals surface area contributed by atoms with Crippen molar-refractivity contribution >= 4 is 5.91 Å². The van der Waals surface area contributed by atoms with Crippen molar-refractivity contribution in [3.05, 3.63) is 12.2 Å². The average Bonchev–Trinajstić information content (AvgIpc) is 0.795. The van der Waals surface area contributed by atoms with Crippen LogP contribution in [0.1, 0.15) is 418 Å². The number of nitrogens with one attached hydrogen (secondary N) is 1. The summed E-state index contributed by atoms with van der Waals surface area (Å²) in [4.78, 5) is 13.4.